The van der Waals surface area contributed by atoms with Crippen molar-refractivity contribution in [3.05, 3.63) is 0 Å². The Morgan fingerprint density at radius 3 is 2.39 bits per heavy atom. The van der Waals surface area contributed by atoms with E-state index in [1.165, 1.54) is 0 Å². The van der Waals surface area contributed by atoms with Crippen LogP contribution in [0, 0.1) is 11.8 Å². The molecule has 0 aromatic heterocycles. The second-order valence-electron chi connectivity index (χ2n) is 5.95. The highest BCUT2D eigenvalue weighted by atomic mass is 19.3. The summed E-state index contributed by atoms with van der Waals surface area (Å²) in [4.78, 5) is 13.8. The van der Waals surface area contributed by atoms with E-state index < -0.39 is 5.92 Å². The first-order chi connectivity index (χ1) is 8.37. The molecular formula is C13H22F2N2O. The minimum absolute atomic E-state index is 0.0333. The highest BCUT2D eigenvalue weighted by Crippen LogP contribution is 2.37. The molecule has 2 rings (SSSR count). The molecule has 104 valence electrons. The normalized spacial score (nSPS) is 31.8. The van der Waals surface area contributed by atoms with Crippen molar-refractivity contribution in [2.24, 2.45) is 17.6 Å². The number of alkyl halides is 2. The highest BCUT2D eigenvalue weighted by Gasteiger charge is 2.38. The van der Waals surface area contributed by atoms with Gasteiger partial charge in [-0.3, -0.25) is 4.79 Å². The van der Waals surface area contributed by atoms with Crippen molar-refractivity contribution in [3.8, 4) is 0 Å². The fourth-order valence-electron chi connectivity index (χ4n) is 3.01. The molecule has 0 radical (unpaired) electrons. The van der Waals surface area contributed by atoms with Crippen LogP contribution in [-0.2, 0) is 4.79 Å². The largest absolute Gasteiger partial charge is 0.345 e. The molecule has 18 heavy (non-hydrogen) atoms. The summed E-state index contributed by atoms with van der Waals surface area (Å²) in [6.45, 7) is 0.722. The fourth-order valence-corrected chi connectivity index (χ4v) is 3.01. The van der Waals surface area contributed by atoms with Crippen LogP contribution in [0.15, 0.2) is 0 Å². The van der Waals surface area contributed by atoms with Gasteiger partial charge in [0.1, 0.15) is 0 Å². The molecule has 0 bridgehead atoms. The zero-order valence-corrected chi connectivity index (χ0v) is 10.9. The monoisotopic (exact) mass is 260 g/mol. The molecule has 2 fully saturated rings. The molecule has 3 nitrogen and oxygen atoms in total. The Morgan fingerprint density at radius 2 is 1.89 bits per heavy atom. The third-order valence-corrected chi connectivity index (χ3v) is 4.25. The van der Waals surface area contributed by atoms with Crippen molar-refractivity contribution < 1.29 is 13.6 Å². The molecule has 0 saturated heterocycles. The first kappa shape index (κ1) is 13.7. The van der Waals surface area contributed by atoms with Crippen LogP contribution in [-0.4, -0.2) is 36.4 Å². The molecule has 0 unspecified atom stereocenters. The smallest absolute Gasteiger partial charge is 0.248 e. The first-order valence-electron chi connectivity index (χ1n) is 6.76. The molecule has 2 aliphatic carbocycles. The number of hydrogen-bond donors (Lipinski definition) is 1. The molecule has 2 aliphatic rings. The molecule has 0 aromatic carbocycles. The summed E-state index contributed by atoms with van der Waals surface area (Å²) in [5, 5.41) is 0. The van der Waals surface area contributed by atoms with Crippen LogP contribution in [0.2, 0.25) is 0 Å². The summed E-state index contributed by atoms with van der Waals surface area (Å²) in [5.41, 5.74) is 5.71. The number of hydrogen-bond acceptors (Lipinski definition) is 2. The minimum Gasteiger partial charge on any atom is -0.345 e. The molecular weight excluding hydrogens is 238 g/mol. The van der Waals surface area contributed by atoms with Gasteiger partial charge in [-0.2, -0.15) is 0 Å². The van der Waals surface area contributed by atoms with Gasteiger partial charge in [0.05, 0.1) is 0 Å². The second kappa shape index (κ2) is 5.11. The summed E-state index contributed by atoms with van der Waals surface area (Å²) >= 11 is 0. The van der Waals surface area contributed by atoms with E-state index in [1.807, 2.05) is 0 Å². The first-order valence-corrected chi connectivity index (χ1v) is 6.76. The SMILES string of the molecule is CN(CC1CC(N)C1)C(=O)C1CCC(F)(F)CC1. The Balaban J connectivity index is 1.77. The van der Waals surface area contributed by atoms with Gasteiger partial charge in [0.15, 0.2) is 0 Å². The van der Waals surface area contributed by atoms with Crippen LogP contribution in [0.3, 0.4) is 0 Å². The van der Waals surface area contributed by atoms with Crippen molar-refractivity contribution >= 4 is 5.91 Å². The zero-order chi connectivity index (χ0) is 13.3. The molecule has 0 aliphatic heterocycles. The van der Waals surface area contributed by atoms with Crippen molar-refractivity contribution in [3.63, 3.8) is 0 Å². The second-order valence-corrected chi connectivity index (χ2v) is 5.95. The Morgan fingerprint density at radius 1 is 1.33 bits per heavy atom. The summed E-state index contributed by atoms with van der Waals surface area (Å²) in [5.74, 6) is -2.23. The fraction of sp³-hybridized carbons (Fsp3) is 0.923. The van der Waals surface area contributed by atoms with E-state index >= 15 is 0 Å². The Kier molecular flexibility index (Phi) is 3.90. The molecule has 5 heteroatoms. The number of amides is 1. The van der Waals surface area contributed by atoms with Crippen molar-refractivity contribution in [1.82, 2.24) is 4.90 Å². The minimum atomic E-state index is -2.56. The quantitative estimate of drug-likeness (QED) is 0.843. The van der Waals surface area contributed by atoms with E-state index in [1.54, 1.807) is 11.9 Å². The molecule has 1 amide bonds. The number of nitrogens with two attached hydrogens (primary N) is 1. The van der Waals surface area contributed by atoms with Gasteiger partial charge in [-0.25, -0.2) is 8.78 Å². The maximum absolute atomic E-state index is 13.0. The third-order valence-electron chi connectivity index (χ3n) is 4.25. The van der Waals surface area contributed by atoms with Crippen LogP contribution in [0.5, 0.6) is 0 Å². The Hall–Kier alpha value is -0.710. The van der Waals surface area contributed by atoms with E-state index in [0.717, 1.165) is 19.4 Å². The van der Waals surface area contributed by atoms with Crippen molar-refractivity contribution in [2.75, 3.05) is 13.6 Å². The lowest BCUT2D eigenvalue weighted by Crippen LogP contribution is -2.45. The maximum atomic E-state index is 13.0. The highest BCUT2D eigenvalue weighted by molar-refractivity contribution is 5.78. The van der Waals surface area contributed by atoms with E-state index in [2.05, 4.69) is 0 Å². The van der Waals surface area contributed by atoms with Gasteiger partial charge in [-0.05, 0) is 31.6 Å². The number of carbonyl (C=O) groups excluding carboxylic acids is 1. The van der Waals surface area contributed by atoms with Crippen LogP contribution >= 0.6 is 0 Å². The molecule has 0 atom stereocenters. The zero-order valence-electron chi connectivity index (χ0n) is 10.9. The van der Waals surface area contributed by atoms with Crippen molar-refractivity contribution in [2.45, 2.75) is 50.5 Å². The number of nitrogens with zero attached hydrogens (tertiary/aromatic N) is 1. The van der Waals surface area contributed by atoms with E-state index in [-0.39, 0.29) is 30.7 Å². The summed E-state index contributed by atoms with van der Waals surface area (Å²) < 4.78 is 26.0. The molecule has 2 saturated carbocycles. The average molecular weight is 260 g/mol. The van der Waals surface area contributed by atoms with E-state index in [0.29, 0.717) is 18.8 Å². The van der Waals surface area contributed by atoms with Gasteiger partial charge >= 0.3 is 0 Å². The lowest BCUT2D eigenvalue weighted by atomic mass is 9.80. The molecule has 0 aromatic rings. The van der Waals surface area contributed by atoms with Gasteiger partial charge in [-0.15, -0.1) is 0 Å². The summed E-state index contributed by atoms with van der Waals surface area (Å²) in [7, 11) is 1.78. The third kappa shape index (κ3) is 3.19. The van der Waals surface area contributed by atoms with Gasteiger partial charge in [0.2, 0.25) is 11.8 Å². The number of halogens is 2. The average Bonchev–Trinajstić information content (AvgIpc) is 2.26. The van der Waals surface area contributed by atoms with Crippen LogP contribution < -0.4 is 5.73 Å². The lowest BCUT2D eigenvalue weighted by molar-refractivity contribution is -0.139. The predicted molar refractivity (Wildman–Crippen MR) is 65.2 cm³/mol. The molecule has 0 heterocycles. The van der Waals surface area contributed by atoms with Gasteiger partial charge < -0.3 is 10.6 Å². The van der Waals surface area contributed by atoms with Gasteiger partial charge in [0, 0.05) is 38.4 Å². The topological polar surface area (TPSA) is 46.3 Å². The van der Waals surface area contributed by atoms with Gasteiger partial charge in [0.25, 0.3) is 0 Å². The van der Waals surface area contributed by atoms with E-state index in [4.69, 9.17) is 5.73 Å². The molecule has 0 spiro atoms. The Bertz CT molecular complexity index is 306. The number of carbonyl (C=O) groups is 1. The van der Waals surface area contributed by atoms with Crippen LogP contribution in [0.1, 0.15) is 38.5 Å². The standard InChI is InChI=1S/C13H22F2N2O/c1-17(8-9-6-11(16)7-9)12(18)10-2-4-13(14,15)5-3-10/h9-11H,2-8,16H2,1H3. The van der Waals surface area contributed by atoms with Crippen LogP contribution in [0.25, 0.3) is 0 Å². The Labute approximate surface area is 107 Å². The number of rotatable bonds is 3. The van der Waals surface area contributed by atoms with Crippen molar-refractivity contribution in [1.29, 1.82) is 0 Å². The van der Waals surface area contributed by atoms with Crippen LogP contribution in [0.4, 0.5) is 8.78 Å². The predicted octanol–water partition coefficient (Wildman–Crippen LogP) is 2.01. The van der Waals surface area contributed by atoms with Gasteiger partial charge in [-0.1, -0.05) is 0 Å². The lowest BCUT2D eigenvalue weighted by Gasteiger charge is -2.37. The summed E-state index contributed by atoms with van der Waals surface area (Å²) in [6.07, 6.45) is 2.29. The maximum Gasteiger partial charge on any atom is 0.248 e. The molecule has 2 N–H and O–H groups in total. The summed E-state index contributed by atoms with van der Waals surface area (Å²) in [6, 6.07) is 0.284. The van der Waals surface area contributed by atoms with E-state index in [9.17, 15) is 13.6 Å².